The highest BCUT2D eigenvalue weighted by atomic mass is 79.9. The van der Waals surface area contributed by atoms with Gasteiger partial charge >= 0.3 is 0 Å². The third-order valence-corrected chi connectivity index (χ3v) is 6.83. The fourth-order valence-electron chi connectivity index (χ4n) is 4.85. The fourth-order valence-corrected chi connectivity index (χ4v) is 5.11. The molecule has 2 aliphatic heterocycles. The van der Waals surface area contributed by atoms with E-state index in [1.54, 1.807) is 17.2 Å². The van der Waals surface area contributed by atoms with Crippen molar-refractivity contribution < 1.29 is 18.7 Å². The second-order valence-electron chi connectivity index (χ2n) is 8.25. The van der Waals surface area contributed by atoms with Crippen LogP contribution in [0.3, 0.4) is 0 Å². The Labute approximate surface area is 177 Å². The molecule has 1 amide bonds. The summed E-state index contributed by atoms with van der Waals surface area (Å²) in [6.45, 7) is 2.48. The van der Waals surface area contributed by atoms with Gasteiger partial charge in [0.15, 0.2) is 11.5 Å². The molecule has 0 saturated heterocycles. The lowest BCUT2D eigenvalue weighted by molar-refractivity contribution is -0.136. The molecule has 29 heavy (non-hydrogen) atoms. The fraction of sp³-hybridized carbons (Fsp3) is 0.391. The minimum absolute atomic E-state index is 0.0750. The zero-order valence-electron chi connectivity index (χ0n) is 16.1. The Kier molecular flexibility index (Phi) is 4.62. The van der Waals surface area contributed by atoms with Gasteiger partial charge in [0.2, 0.25) is 0 Å². The number of furan rings is 1. The number of nitrogens with zero attached hydrogens (tertiary/aromatic N) is 1. The second-order valence-corrected chi connectivity index (χ2v) is 9.17. The van der Waals surface area contributed by atoms with Gasteiger partial charge in [0.05, 0.1) is 30.3 Å². The first-order valence-electron chi connectivity index (χ1n) is 10.1. The van der Waals surface area contributed by atoms with Crippen LogP contribution in [0.1, 0.15) is 43.6 Å². The van der Waals surface area contributed by atoms with Crippen LogP contribution in [0.2, 0.25) is 0 Å². The van der Waals surface area contributed by atoms with Crippen LogP contribution in [0.5, 0.6) is 0 Å². The van der Waals surface area contributed by atoms with Crippen molar-refractivity contribution in [3.8, 4) is 0 Å². The van der Waals surface area contributed by atoms with Crippen molar-refractivity contribution in [1.29, 1.82) is 0 Å². The van der Waals surface area contributed by atoms with E-state index in [0.29, 0.717) is 23.8 Å². The van der Waals surface area contributed by atoms with Gasteiger partial charge in [-0.05, 0) is 55.0 Å². The minimum atomic E-state index is -0.457. The summed E-state index contributed by atoms with van der Waals surface area (Å²) in [5.41, 5.74) is 1.41. The molecule has 3 aliphatic rings. The molecule has 150 valence electrons. The predicted molar refractivity (Wildman–Crippen MR) is 110 cm³/mol. The van der Waals surface area contributed by atoms with Gasteiger partial charge in [0.25, 0.3) is 5.91 Å². The summed E-state index contributed by atoms with van der Waals surface area (Å²) in [6, 6.07) is 11.0. The number of fused-ring (bicyclic) bond motifs is 1. The summed E-state index contributed by atoms with van der Waals surface area (Å²) >= 11 is 3.46. The van der Waals surface area contributed by atoms with E-state index in [1.165, 1.54) is 0 Å². The van der Waals surface area contributed by atoms with Crippen LogP contribution in [0.25, 0.3) is 0 Å². The van der Waals surface area contributed by atoms with Crippen LogP contribution in [0, 0.1) is 11.8 Å². The molecular weight excluding hydrogens is 434 g/mol. The highest BCUT2D eigenvalue weighted by Crippen LogP contribution is 2.48. The molecule has 6 heteroatoms. The van der Waals surface area contributed by atoms with Gasteiger partial charge < -0.3 is 14.1 Å². The van der Waals surface area contributed by atoms with Crippen molar-refractivity contribution in [3.63, 3.8) is 0 Å². The molecule has 0 N–H and O–H groups in total. The molecule has 1 aliphatic carbocycles. The molecule has 3 heterocycles. The maximum Gasteiger partial charge on any atom is 0.290 e. The zero-order valence-corrected chi connectivity index (χ0v) is 17.7. The normalized spacial score (nSPS) is 29.0. The van der Waals surface area contributed by atoms with Crippen LogP contribution in [-0.4, -0.2) is 22.7 Å². The van der Waals surface area contributed by atoms with Gasteiger partial charge in [-0.3, -0.25) is 9.59 Å². The highest BCUT2D eigenvalue weighted by Gasteiger charge is 2.52. The van der Waals surface area contributed by atoms with Crippen LogP contribution in [-0.2, 0) is 20.9 Å². The van der Waals surface area contributed by atoms with Crippen molar-refractivity contribution in [2.45, 2.75) is 44.9 Å². The number of amides is 1. The SMILES string of the molecule is CC1CCC2OC3=C(C(=O)C2C1)C(c1ccc(Br)cc1)N(Cc1ccco1)C3=O. The van der Waals surface area contributed by atoms with Crippen LogP contribution >= 0.6 is 15.9 Å². The van der Waals surface area contributed by atoms with Gasteiger partial charge in [-0.15, -0.1) is 0 Å². The smallest absolute Gasteiger partial charge is 0.290 e. The molecule has 1 aromatic carbocycles. The molecule has 0 radical (unpaired) electrons. The van der Waals surface area contributed by atoms with Gasteiger partial charge in [-0.1, -0.05) is 35.0 Å². The van der Waals surface area contributed by atoms with E-state index < -0.39 is 6.04 Å². The number of carbonyl (C=O) groups is 2. The number of ether oxygens (including phenoxy) is 1. The summed E-state index contributed by atoms with van der Waals surface area (Å²) in [4.78, 5) is 28.6. The molecule has 0 bridgehead atoms. The summed E-state index contributed by atoms with van der Waals surface area (Å²) in [7, 11) is 0. The Morgan fingerprint density at radius 3 is 2.66 bits per heavy atom. The third-order valence-electron chi connectivity index (χ3n) is 6.30. The monoisotopic (exact) mass is 455 g/mol. The van der Waals surface area contributed by atoms with Crippen molar-refractivity contribution in [3.05, 3.63) is 69.8 Å². The summed E-state index contributed by atoms with van der Waals surface area (Å²) in [6.07, 6.45) is 4.07. The van der Waals surface area contributed by atoms with Gasteiger partial charge in [0, 0.05) is 4.47 Å². The topological polar surface area (TPSA) is 59.8 Å². The highest BCUT2D eigenvalue weighted by molar-refractivity contribution is 9.10. The van der Waals surface area contributed by atoms with E-state index >= 15 is 0 Å². The Hall–Kier alpha value is -2.34. The number of carbonyl (C=O) groups excluding carboxylic acids is 2. The maximum atomic E-state index is 13.6. The minimum Gasteiger partial charge on any atom is -0.483 e. The summed E-state index contributed by atoms with van der Waals surface area (Å²) < 4.78 is 12.6. The van der Waals surface area contributed by atoms with E-state index in [0.717, 1.165) is 29.3 Å². The predicted octanol–water partition coefficient (Wildman–Crippen LogP) is 4.78. The lowest BCUT2D eigenvalue weighted by Gasteiger charge is -2.37. The Balaban J connectivity index is 1.58. The van der Waals surface area contributed by atoms with E-state index in [9.17, 15) is 9.59 Å². The number of halogens is 1. The van der Waals surface area contributed by atoms with E-state index in [-0.39, 0.29) is 29.5 Å². The maximum absolute atomic E-state index is 13.6. The lowest BCUT2D eigenvalue weighted by Crippen LogP contribution is -2.41. The Morgan fingerprint density at radius 1 is 1.14 bits per heavy atom. The first kappa shape index (κ1) is 18.7. The van der Waals surface area contributed by atoms with Gasteiger partial charge in [-0.2, -0.15) is 0 Å². The van der Waals surface area contributed by atoms with Gasteiger partial charge in [0.1, 0.15) is 11.9 Å². The number of hydrogen-bond acceptors (Lipinski definition) is 4. The molecule has 5 rings (SSSR count). The number of ketones is 1. The Morgan fingerprint density at radius 2 is 1.93 bits per heavy atom. The summed E-state index contributed by atoms with van der Waals surface area (Å²) in [5, 5.41) is 0. The van der Waals surface area contributed by atoms with Crippen LogP contribution < -0.4 is 0 Å². The molecular formula is C23H22BrNO4. The van der Waals surface area contributed by atoms with Crippen molar-refractivity contribution in [2.24, 2.45) is 11.8 Å². The first-order chi connectivity index (χ1) is 14.0. The standard InChI is InChI=1S/C23H22BrNO4/c1-13-4-9-18-17(11-13)21(26)19-20(14-5-7-15(24)8-6-14)25(23(27)22(19)29-18)12-16-3-2-10-28-16/h2-3,5-8,10,13,17-18,20H,4,9,11-12H2,1H3. The van der Waals surface area contributed by atoms with Crippen molar-refractivity contribution in [1.82, 2.24) is 4.90 Å². The number of benzene rings is 1. The largest absolute Gasteiger partial charge is 0.483 e. The number of rotatable bonds is 3. The van der Waals surface area contributed by atoms with Crippen molar-refractivity contribution >= 4 is 27.6 Å². The average Bonchev–Trinajstić information content (AvgIpc) is 3.32. The molecule has 1 saturated carbocycles. The zero-order chi connectivity index (χ0) is 20.1. The van der Waals surface area contributed by atoms with Crippen molar-refractivity contribution in [2.75, 3.05) is 0 Å². The van der Waals surface area contributed by atoms with E-state index in [2.05, 4.69) is 22.9 Å². The quantitative estimate of drug-likeness (QED) is 0.667. The van der Waals surface area contributed by atoms with Gasteiger partial charge in [-0.25, -0.2) is 0 Å². The van der Waals surface area contributed by atoms with E-state index in [4.69, 9.17) is 9.15 Å². The van der Waals surface area contributed by atoms with Crippen LogP contribution in [0.15, 0.2) is 62.9 Å². The third kappa shape index (κ3) is 3.14. The molecule has 1 aromatic heterocycles. The molecule has 4 atom stereocenters. The average molecular weight is 456 g/mol. The summed E-state index contributed by atoms with van der Waals surface area (Å²) in [5.74, 6) is 1.10. The van der Waals surface area contributed by atoms with E-state index in [1.807, 2.05) is 30.3 Å². The molecule has 2 aromatic rings. The molecule has 4 unspecified atom stereocenters. The number of hydrogen-bond donors (Lipinski definition) is 0. The first-order valence-corrected chi connectivity index (χ1v) is 10.9. The van der Waals surface area contributed by atoms with Crippen LogP contribution in [0.4, 0.5) is 0 Å². The lowest BCUT2D eigenvalue weighted by atomic mass is 9.74. The number of Topliss-reactive ketones (excluding diaryl/α,β-unsaturated/α-hetero) is 1. The second kappa shape index (κ2) is 7.17. The molecule has 0 spiro atoms. The molecule has 5 nitrogen and oxygen atoms in total. The Bertz CT molecular complexity index is 979. The molecule has 1 fully saturated rings.